The fraction of sp³-hybridized carbons (Fsp3) is 0.941. The molecule has 0 atom stereocenters. The number of hydrogen-bond acceptors (Lipinski definition) is 1. The van der Waals surface area contributed by atoms with Crippen LogP contribution >= 0.6 is 0 Å². The number of carbonyl (C=O) groups is 1. The van der Waals surface area contributed by atoms with Crippen LogP contribution in [0, 0.1) is 5.92 Å². The van der Waals surface area contributed by atoms with Crippen molar-refractivity contribution in [2.24, 2.45) is 5.92 Å². The zero-order valence-electron chi connectivity index (χ0n) is 13.6. The molecule has 2 nitrogen and oxygen atoms in total. The lowest BCUT2D eigenvalue weighted by Crippen LogP contribution is -2.35. The first kappa shape index (κ1) is 18.5. The molecule has 0 aliphatic heterocycles. The normalized spacial score (nSPS) is 11.3. The molecular weight excluding hydrogens is 234 g/mol. The van der Waals surface area contributed by atoms with Gasteiger partial charge in [0.15, 0.2) is 0 Å². The lowest BCUT2D eigenvalue weighted by molar-refractivity contribution is -0.126. The largest absolute Gasteiger partial charge is 0.354 e. The summed E-state index contributed by atoms with van der Waals surface area (Å²) in [5.74, 6) is 0.527. The topological polar surface area (TPSA) is 29.1 Å². The molecule has 0 aliphatic rings. The van der Waals surface area contributed by atoms with Gasteiger partial charge in [0.25, 0.3) is 0 Å². The fourth-order valence-corrected chi connectivity index (χ4v) is 2.44. The van der Waals surface area contributed by atoms with Crippen LogP contribution in [-0.2, 0) is 4.79 Å². The van der Waals surface area contributed by atoms with Crippen molar-refractivity contribution in [2.45, 2.75) is 97.9 Å². The van der Waals surface area contributed by atoms with Crippen molar-refractivity contribution in [3.05, 3.63) is 0 Å². The van der Waals surface area contributed by atoms with E-state index in [1.54, 1.807) is 0 Å². The molecule has 0 saturated carbocycles. The molecule has 0 spiro atoms. The van der Waals surface area contributed by atoms with Gasteiger partial charge in [-0.15, -0.1) is 0 Å². The van der Waals surface area contributed by atoms with Gasteiger partial charge < -0.3 is 5.32 Å². The number of rotatable bonds is 12. The molecule has 0 fully saturated rings. The van der Waals surface area contributed by atoms with Crippen LogP contribution in [0.4, 0.5) is 0 Å². The van der Waals surface area contributed by atoms with E-state index in [4.69, 9.17) is 0 Å². The average Bonchev–Trinajstić information content (AvgIpc) is 2.36. The predicted octanol–water partition coefficient (Wildman–Crippen LogP) is 5.07. The molecule has 0 aliphatic carbocycles. The Labute approximate surface area is 120 Å². The van der Waals surface area contributed by atoms with E-state index in [-0.39, 0.29) is 17.9 Å². The van der Waals surface area contributed by atoms with E-state index < -0.39 is 0 Å². The van der Waals surface area contributed by atoms with Crippen LogP contribution in [-0.4, -0.2) is 11.9 Å². The van der Waals surface area contributed by atoms with Crippen molar-refractivity contribution in [1.82, 2.24) is 5.32 Å². The second-order valence-electron chi connectivity index (χ2n) is 6.06. The van der Waals surface area contributed by atoms with Gasteiger partial charge in [0, 0.05) is 12.0 Å². The zero-order valence-corrected chi connectivity index (χ0v) is 13.6. The molecule has 0 rings (SSSR count). The SMILES string of the molecule is CCCCCCC(CCCCCC)C(=O)NC(C)C. The molecule has 0 heterocycles. The highest BCUT2D eigenvalue weighted by atomic mass is 16.1. The number of nitrogens with one attached hydrogen (secondary N) is 1. The van der Waals surface area contributed by atoms with Crippen LogP contribution in [0.3, 0.4) is 0 Å². The summed E-state index contributed by atoms with van der Waals surface area (Å²) in [4.78, 5) is 12.2. The first-order chi connectivity index (χ1) is 9.11. The third kappa shape index (κ3) is 11.0. The minimum atomic E-state index is 0.246. The van der Waals surface area contributed by atoms with E-state index >= 15 is 0 Å². The Morgan fingerprint density at radius 3 is 1.68 bits per heavy atom. The van der Waals surface area contributed by atoms with Crippen LogP contribution in [0.15, 0.2) is 0 Å². The average molecular weight is 269 g/mol. The summed E-state index contributed by atoms with van der Waals surface area (Å²) in [6.07, 6.45) is 12.2. The number of carbonyl (C=O) groups excluding carboxylic acids is 1. The standard InChI is InChI=1S/C17H35NO/c1-5-7-9-11-13-16(14-12-10-8-6-2)17(19)18-15(3)4/h15-16H,5-14H2,1-4H3,(H,18,19). The Morgan fingerprint density at radius 2 is 1.32 bits per heavy atom. The van der Waals surface area contributed by atoms with Gasteiger partial charge in [0.2, 0.25) is 5.91 Å². The molecule has 0 saturated heterocycles. The van der Waals surface area contributed by atoms with Gasteiger partial charge in [-0.25, -0.2) is 0 Å². The molecular formula is C17H35NO. The van der Waals surface area contributed by atoms with Crippen LogP contribution < -0.4 is 5.32 Å². The van der Waals surface area contributed by atoms with Gasteiger partial charge >= 0.3 is 0 Å². The number of unbranched alkanes of at least 4 members (excludes halogenated alkanes) is 6. The summed E-state index contributed by atoms with van der Waals surface area (Å²) >= 11 is 0. The Kier molecular flexibility index (Phi) is 12.2. The van der Waals surface area contributed by atoms with Gasteiger partial charge in [0.05, 0.1) is 0 Å². The Hall–Kier alpha value is -0.530. The van der Waals surface area contributed by atoms with Gasteiger partial charge in [-0.2, -0.15) is 0 Å². The highest BCUT2D eigenvalue weighted by Crippen LogP contribution is 2.18. The summed E-state index contributed by atoms with van der Waals surface area (Å²) in [6.45, 7) is 8.55. The van der Waals surface area contributed by atoms with E-state index in [0.29, 0.717) is 0 Å². The summed E-state index contributed by atoms with van der Waals surface area (Å²) in [5, 5.41) is 3.09. The van der Waals surface area contributed by atoms with Crippen LogP contribution in [0.25, 0.3) is 0 Å². The molecule has 0 aromatic carbocycles. The molecule has 114 valence electrons. The number of amides is 1. The molecule has 2 heteroatoms. The quantitative estimate of drug-likeness (QED) is 0.492. The smallest absolute Gasteiger partial charge is 0.223 e. The van der Waals surface area contributed by atoms with Gasteiger partial charge in [-0.05, 0) is 26.7 Å². The minimum Gasteiger partial charge on any atom is -0.354 e. The first-order valence-electron chi connectivity index (χ1n) is 8.42. The van der Waals surface area contributed by atoms with E-state index in [9.17, 15) is 4.79 Å². The minimum absolute atomic E-state index is 0.246. The van der Waals surface area contributed by atoms with Gasteiger partial charge in [-0.3, -0.25) is 4.79 Å². The fourth-order valence-electron chi connectivity index (χ4n) is 2.44. The summed E-state index contributed by atoms with van der Waals surface area (Å²) < 4.78 is 0. The van der Waals surface area contributed by atoms with E-state index in [1.807, 2.05) is 13.8 Å². The molecule has 0 aromatic rings. The maximum atomic E-state index is 12.2. The molecule has 0 aromatic heterocycles. The van der Waals surface area contributed by atoms with Crippen molar-refractivity contribution < 1.29 is 4.79 Å². The molecule has 1 amide bonds. The van der Waals surface area contributed by atoms with Crippen molar-refractivity contribution in [3.8, 4) is 0 Å². The van der Waals surface area contributed by atoms with Gasteiger partial charge in [-0.1, -0.05) is 65.2 Å². The second-order valence-corrected chi connectivity index (χ2v) is 6.06. The third-order valence-corrected chi connectivity index (χ3v) is 3.61. The van der Waals surface area contributed by atoms with Crippen molar-refractivity contribution in [1.29, 1.82) is 0 Å². The Morgan fingerprint density at radius 1 is 0.842 bits per heavy atom. The van der Waals surface area contributed by atoms with Crippen molar-refractivity contribution in [3.63, 3.8) is 0 Å². The molecule has 1 N–H and O–H groups in total. The first-order valence-corrected chi connectivity index (χ1v) is 8.42. The summed E-state index contributed by atoms with van der Waals surface area (Å²) in [7, 11) is 0. The highest BCUT2D eigenvalue weighted by Gasteiger charge is 2.18. The lowest BCUT2D eigenvalue weighted by Gasteiger charge is -2.18. The number of hydrogen-bond donors (Lipinski definition) is 1. The maximum Gasteiger partial charge on any atom is 0.223 e. The third-order valence-electron chi connectivity index (χ3n) is 3.61. The summed E-state index contributed by atoms with van der Waals surface area (Å²) in [6, 6.07) is 0.265. The molecule has 0 radical (unpaired) electrons. The Balaban J connectivity index is 4.02. The second kappa shape index (κ2) is 12.5. The van der Waals surface area contributed by atoms with E-state index in [0.717, 1.165) is 12.8 Å². The predicted molar refractivity (Wildman–Crippen MR) is 84.3 cm³/mol. The van der Waals surface area contributed by atoms with Crippen LogP contribution in [0.5, 0.6) is 0 Å². The Bertz CT molecular complexity index is 201. The molecule has 0 unspecified atom stereocenters. The monoisotopic (exact) mass is 269 g/mol. The van der Waals surface area contributed by atoms with Crippen molar-refractivity contribution in [2.75, 3.05) is 0 Å². The zero-order chi connectivity index (χ0) is 14.5. The lowest BCUT2D eigenvalue weighted by atomic mass is 9.93. The summed E-state index contributed by atoms with van der Waals surface area (Å²) in [5.41, 5.74) is 0. The van der Waals surface area contributed by atoms with Gasteiger partial charge in [0.1, 0.15) is 0 Å². The van der Waals surface area contributed by atoms with Crippen LogP contribution in [0.1, 0.15) is 91.9 Å². The molecule has 19 heavy (non-hydrogen) atoms. The van der Waals surface area contributed by atoms with Crippen molar-refractivity contribution >= 4 is 5.91 Å². The molecule has 0 bridgehead atoms. The van der Waals surface area contributed by atoms with E-state index in [2.05, 4.69) is 19.2 Å². The van der Waals surface area contributed by atoms with Crippen LogP contribution in [0.2, 0.25) is 0 Å². The maximum absolute atomic E-state index is 12.2. The van der Waals surface area contributed by atoms with E-state index in [1.165, 1.54) is 51.4 Å². The highest BCUT2D eigenvalue weighted by molar-refractivity contribution is 5.78.